The number of amides is 1. The van der Waals surface area contributed by atoms with Crippen molar-refractivity contribution < 1.29 is 19.1 Å². The molecule has 2 aromatic heterocycles. The molecular formula is C18H22N4O4. The van der Waals surface area contributed by atoms with Crippen molar-refractivity contribution in [2.24, 2.45) is 5.92 Å². The van der Waals surface area contributed by atoms with E-state index >= 15 is 0 Å². The molecule has 0 spiro atoms. The number of nitrogens with zero attached hydrogens (tertiary/aromatic N) is 4. The molecule has 1 amide bonds. The van der Waals surface area contributed by atoms with Gasteiger partial charge in [0.1, 0.15) is 11.3 Å². The zero-order valence-electron chi connectivity index (χ0n) is 14.5. The quantitative estimate of drug-likeness (QED) is 0.880. The fourth-order valence-electron chi connectivity index (χ4n) is 3.66. The third-order valence-electron chi connectivity index (χ3n) is 5.53. The van der Waals surface area contributed by atoms with Crippen LogP contribution in [0.2, 0.25) is 0 Å². The summed E-state index contributed by atoms with van der Waals surface area (Å²) in [7, 11) is 0. The van der Waals surface area contributed by atoms with Crippen molar-refractivity contribution in [2.45, 2.75) is 44.6 Å². The Bertz CT molecular complexity index is 800. The second-order valence-corrected chi connectivity index (χ2v) is 7.17. The number of piperidine rings is 1. The van der Waals surface area contributed by atoms with Gasteiger partial charge >= 0.3 is 5.97 Å². The third-order valence-corrected chi connectivity index (χ3v) is 5.53. The smallest absolute Gasteiger partial charge is 0.339 e. The van der Waals surface area contributed by atoms with Crippen molar-refractivity contribution in [3.63, 3.8) is 0 Å². The molecule has 0 unspecified atom stereocenters. The van der Waals surface area contributed by atoms with Crippen LogP contribution in [0.15, 0.2) is 22.9 Å². The molecule has 4 rings (SSSR count). The lowest BCUT2D eigenvalue weighted by Crippen LogP contribution is -2.39. The van der Waals surface area contributed by atoms with Crippen molar-refractivity contribution in [3.05, 3.63) is 35.5 Å². The molecule has 1 aliphatic heterocycles. The molecule has 1 saturated carbocycles. The lowest BCUT2D eigenvalue weighted by molar-refractivity contribution is 0.0682. The summed E-state index contributed by atoms with van der Waals surface area (Å²) in [5.74, 6) is -0.200. The largest absolute Gasteiger partial charge is 0.478 e. The summed E-state index contributed by atoms with van der Waals surface area (Å²) >= 11 is 0. The molecule has 1 aliphatic carbocycles. The van der Waals surface area contributed by atoms with Gasteiger partial charge in [-0.15, -0.1) is 5.10 Å². The van der Waals surface area contributed by atoms with Crippen LogP contribution in [0.4, 0.5) is 0 Å². The van der Waals surface area contributed by atoms with E-state index in [1.165, 1.54) is 18.8 Å². The number of furan rings is 1. The number of carboxylic acid groups (broad SMARTS) is 1. The Balaban J connectivity index is 1.33. The first kappa shape index (κ1) is 16.8. The number of hydrogen-bond acceptors (Lipinski definition) is 5. The zero-order valence-corrected chi connectivity index (χ0v) is 14.5. The molecule has 2 aliphatic rings. The van der Waals surface area contributed by atoms with Crippen LogP contribution in [0.25, 0.3) is 0 Å². The Labute approximate surface area is 150 Å². The van der Waals surface area contributed by atoms with Gasteiger partial charge in [0.2, 0.25) is 0 Å². The van der Waals surface area contributed by atoms with Gasteiger partial charge < -0.3 is 14.4 Å². The van der Waals surface area contributed by atoms with Crippen molar-refractivity contribution in [1.82, 2.24) is 19.9 Å². The van der Waals surface area contributed by atoms with Crippen LogP contribution < -0.4 is 0 Å². The molecule has 26 heavy (non-hydrogen) atoms. The maximum absolute atomic E-state index is 12.6. The highest BCUT2D eigenvalue weighted by Crippen LogP contribution is 2.30. The van der Waals surface area contributed by atoms with Crippen LogP contribution in [0.5, 0.6) is 0 Å². The van der Waals surface area contributed by atoms with E-state index in [2.05, 4.69) is 10.3 Å². The Morgan fingerprint density at radius 2 is 2.00 bits per heavy atom. The predicted molar refractivity (Wildman–Crippen MR) is 90.9 cm³/mol. The van der Waals surface area contributed by atoms with Gasteiger partial charge in [-0.25, -0.2) is 9.48 Å². The topological polar surface area (TPSA) is 101 Å². The van der Waals surface area contributed by atoms with Crippen molar-refractivity contribution in [3.8, 4) is 0 Å². The highest BCUT2D eigenvalue weighted by atomic mass is 16.4. The molecular weight excluding hydrogens is 336 g/mol. The number of hydrogen-bond donors (Lipinski definition) is 1. The Morgan fingerprint density at radius 3 is 2.65 bits per heavy atom. The number of carbonyl (C=O) groups is 2. The summed E-state index contributed by atoms with van der Waals surface area (Å²) in [5.41, 5.74) is 0.644. The van der Waals surface area contributed by atoms with E-state index in [0.29, 0.717) is 42.9 Å². The van der Waals surface area contributed by atoms with Crippen molar-refractivity contribution >= 4 is 11.9 Å². The van der Waals surface area contributed by atoms with Crippen LogP contribution >= 0.6 is 0 Å². The van der Waals surface area contributed by atoms with E-state index in [4.69, 9.17) is 9.52 Å². The minimum atomic E-state index is -0.962. The van der Waals surface area contributed by atoms with Gasteiger partial charge in [0.15, 0.2) is 5.69 Å². The lowest BCUT2D eigenvalue weighted by Gasteiger charge is -2.31. The molecule has 2 fully saturated rings. The molecule has 8 nitrogen and oxygen atoms in total. The summed E-state index contributed by atoms with van der Waals surface area (Å²) < 4.78 is 7.14. The van der Waals surface area contributed by atoms with Gasteiger partial charge in [0.25, 0.3) is 5.91 Å². The fraction of sp³-hybridized carbons (Fsp3) is 0.556. The SMILES string of the molecule is O=C(O)c1ccoc1CC1CCN(C(=O)c2cn(C3CCC3)nn2)CC1. The minimum Gasteiger partial charge on any atom is -0.478 e. The summed E-state index contributed by atoms with van der Waals surface area (Å²) in [5, 5.41) is 17.3. The van der Waals surface area contributed by atoms with E-state index in [1.807, 2.05) is 9.58 Å². The van der Waals surface area contributed by atoms with Gasteiger partial charge in [0.05, 0.1) is 18.5 Å². The summed E-state index contributed by atoms with van der Waals surface area (Å²) in [6, 6.07) is 1.88. The molecule has 138 valence electrons. The fourth-order valence-corrected chi connectivity index (χ4v) is 3.66. The highest BCUT2D eigenvalue weighted by Gasteiger charge is 2.28. The number of carboxylic acids is 1. The molecule has 8 heteroatoms. The first-order chi connectivity index (χ1) is 12.6. The third kappa shape index (κ3) is 3.23. The molecule has 0 bridgehead atoms. The maximum Gasteiger partial charge on any atom is 0.339 e. The van der Waals surface area contributed by atoms with E-state index < -0.39 is 5.97 Å². The van der Waals surface area contributed by atoms with Crippen LogP contribution in [-0.4, -0.2) is 50.0 Å². The predicted octanol–water partition coefficient (Wildman–Crippen LogP) is 2.39. The number of likely N-dealkylation sites (tertiary alicyclic amines) is 1. The van der Waals surface area contributed by atoms with Gasteiger partial charge in [-0.3, -0.25) is 4.79 Å². The second-order valence-electron chi connectivity index (χ2n) is 7.17. The molecule has 2 aromatic rings. The number of aromatic carboxylic acids is 1. The van der Waals surface area contributed by atoms with Gasteiger partial charge in [0, 0.05) is 19.5 Å². The van der Waals surface area contributed by atoms with E-state index in [0.717, 1.165) is 25.7 Å². The Hall–Kier alpha value is -2.64. The highest BCUT2D eigenvalue weighted by molar-refractivity contribution is 5.92. The monoisotopic (exact) mass is 358 g/mol. The van der Waals surface area contributed by atoms with Crippen molar-refractivity contribution in [2.75, 3.05) is 13.1 Å². The van der Waals surface area contributed by atoms with Crippen LogP contribution in [0, 0.1) is 5.92 Å². The zero-order chi connectivity index (χ0) is 18.1. The van der Waals surface area contributed by atoms with Crippen LogP contribution in [-0.2, 0) is 6.42 Å². The first-order valence-electron chi connectivity index (χ1n) is 9.12. The number of carbonyl (C=O) groups excluding carboxylic acids is 1. The van der Waals surface area contributed by atoms with E-state index in [9.17, 15) is 9.59 Å². The van der Waals surface area contributed by atoms with Crippen LogP contribution in [0.3, 0.4) is 0 Å². The van der Waals surface area contributed by atoms with Gasteiger partial charge in [-0.05, 0) is 44.1 Å². The average Bonchev–Trinajstić information content (AvgIpc) is 3.23. The molecule has 0 aromatic carbocycles. The van der Waals surface area contributed by atoms with Crippen LogP contribution in [0.1, 0.15) is 64.8 Å². The normalized spacial score (nSPS) is 18.7. The maximum atomic E-state index is 12.6. The average molecular weight is 358 g/mol. The Kier molecular flexibility index (Phi) is 4.48. The summed E-state index contributed by atoms with van der Waals surface area (Å²) in [6.07, 6.45) is 8.84. The van der Waals surface area contributed by atoms with E-state index in [-0.39, 0.29) is 11.5 Å². The summed E-state index contributed by atoms with van der Waals surface area (Å²) in [4.78, 5) is 25.6. The minimum absolute atomic E-state index is 0.0711. The molecule has 0 radical (unpaired) electrons. The van der Waals surface area contributed by atoms with Gasteiger partial charge in [-0.2, -0.15) is 0 Å². The second kappa shape index (κ2) is 6.93. The molecule has 0 atom stereocenters. The lowest BCUT2D eigenvalue weighted by atomic mass is 9.91. The number of rotatable bonds is 5. The van der Waals surface area contributed by atoms with Gasteiger partial charge in [-0.1, -0.05) is 5.21 Å². The number of aromatic nitrogens is 3. The van der Waals surface area contributed by atoms with E-state index in [1.54, 1.807) is 6.20 Å². The van der Waals surface area contributed by atoms with Crippen molar-refractivity contribution in [1.29, 1.82) is 0 Å². The molecule has 1 N–H and O–H groups in total. The molecule has 3 heterocycles. The standard InChI is InChI=1S/C18H22N4O4/c23-17(15-11-22(20-19-15)13-2-1-3-13)21-7-4-12(5-8-21)10-16-14(18(24)25)6-9-26-16/h6,9,11-13H,1-5,7-8,10H2,(H,24,25). The first-order valence-corrected chi connectivity index (χ1v) is 9.12. The summed E-state index contributed by atoms with van der Waals surface area (Å²) in [6.45, 7) is 1.28. The molecule has 1 saturated heterocycles. The Morgan fingerprint density at radius 1 is 1.23 bits per heavy atom.